The molecule has 0 unspecified atom stereocenters. The average molecular weight is 222 g/mol. The highest BCUT2D eigenvalue weighted by atomic mass is 16.3. The first-order valence-electron chi connectivity index (χ1n) is 5.27. The van der Waals surface area contributed by atoms with Crippen LogP contribution in [0.5, 0.6) is 0 Å². The molecule has 1 heterocycles. The van der Waals surface area contributed by atoms with Gasteiger partial charge >= 0.3 is 0 Å². The van der Waals surface area contributed by atoms with Crippen LogP contribution in [0.15, 0.2) is 24.5 Å². The van der Waals surface area contributed by atoms with Crippen LogP contribution in [-0.4, -0.2) is 28.6 Å². The third-order valence-electron chi connectivity index (χ3n) is 2.48. The standard InChI is InChI=1S/C12H18N2O2/c1-12(2,3)10(8-15)14-11(16)9-4-6-13-7-5-9/h4-7,10,15H,8H2,1-3H3,(H,14,16)/t10-/m1/s1. The number of nitrogens with one attached hydrogen (secondary N) is 1. The number of aromatic nitrogens is 1. The van der Waals surface area contributed by atoms with E-state index in [1.54, 1.807) is 24.5 Å². The molecule has 0 fully saturated rings. The monoisotopic (exact) mass is 222 g/mol. The Morgan fingerprint density at radius 1 is 1.44 bits per heavy atom. The summed E-state index contributed by atoms with van der Waals surface area (Å²) < 4.78 is 0. The van der Waals surface area contributed by atoms with Crippen molar-refractivity contribution in [2.45, 2.75) is 26.8 Å². The lowest BCUT2D eigenvalue weighted by Gasteiger charge is -2.29. The molecule has 2 N–H and O–H groups in total. The van der Waals surface area contributed by atoms with Gasteiger partial charge in [-0.05, 0) is 17.5 Å². The van der Waals surface area contributed by atoms with Gasteiger partial charge in [0.2, 0.25) is 0 Å². The molecule has 0 saturated carbocycles. The summed E-state index contributed by atoms with van der Waals surface area (Å²) in [4.78, 5) is 15.7. The summed E-state index contributed by atoms with van der Waals surface area (Å²) in [6, 6.07) is 3.03. The van der Waals surface area contributed by atoms with Gasteiger partial charge < -0.3 is 10.4 Å². The van der Waals surface area contributed by atoms with Crippen molar-refractivity contribution in [2.75, 3.05) is 6.61 Å². The number of nitrogens with zero attached hydrogens (tertiary/aromatic N) is 1. The van der Waals surface area contributed by atoms with Crippen molar-refractivity contribution in [2.24, 2.45) is 5.41 Å². The van der Waals surface area contributed by atoms with Crippen LogP contribution in [0.2, 0.25) is 0 Å². The van der Waals surface area contributed by atoms with Gasteiger partial charge in [-0.15, -0.1) is 0 Å². The zero-order valence-corrected chi connectivity index (χ0v) is 9.90. The minimum atomic E-state index is -0.256. The smallest absolute Gasteiger partial charge is 0.251 e. The van der Waals surface area contributed by atoms with Crippen molar-refractivity contribution in [1.29, 1.82) is 0 Å². The van der Waals surface area contributed by atoms with Crippen molar-refractivity contribution >= 4 is 5.91 Å². The number of rotatable bonds is 3. The van der Waals surface area contributed by atoms with E-state index in [1.807, 2.05) is 20.8 Å². The third-order valence-corrected chi connectivity index (χ3v) is 2.48. The summed E-state index contributed by atoms with van der Waals surface area (Å²) in [5, 5.41) is 12.0. The number of aliphatic hydroxyl groups excluding tert-OH is 1. The number of hydrogen-bond acceptors (Lipinski definition) is 3. The van der Waals surface area contributed by atoms with E-state index in [-0.39, 0.29) is 24.0 Å². The SMILES string of the molecule is CC(C)(C)[C@@H](CO)NC(=O)c1ccncc1. The maximum Gasteiger partial charge on any atom is 0.251 e. The summed E-state index contributed by atoms with van der Waals surface area (Å²) >= 11 is 0. The van der Waals surface area contributed by atoms with Gasteiger partial charge in [0, 0.05) is 18.0 Å². The molecule has 0 spiro atoms. The van der Waals surface area contributed by atoms with Crippen molar-refractivity contribution in [1.82, 2.24) is 10.3 Å². The molecule has 1 aromatic heterocycles. The Morgan fingerprint density at radius 2 is 2.00 bits per heavy atom. The van der Waals surface area contributed by atoms with Crippen LogP contribution in [0.1, 0.15) is 31.1 Å². The van der Waals surface area contributed by atoms with Gasteiger partial charge in [-0.3, -0.25) is 9.78 Å². The zero-order valence-electron chi connectivity index (χ0n) is 9.90. The van der Waals surface area contributed by atoms with Crippen LogP contribution in [0.4, 0.5) is 0 Å². The maximum absolute atomic E-state index is 11.8. The molecule has 4 heteroatoms. The van der Waals surface area contributed by atoms with Crippen molar-refractivity contribution in [3.05, 3.63) is 30.1 Å². The fourth-order valence-corrected chi connectivity index (χ4v) is 1.28. The van der Waals surface area contributed by atoms with Crippen molar-refractivity contribution in [3.8, 4) is 0 Å². The second-order valence-corrected chi connectivity index (χ2v) is 4.81. The molecule has 1 amide bonds. The Labute approximate surface area is 95.7 Å². The number of carbonyl (C=O) groups is 1. The summed E-state index contributed by atoms with van der Waals surface area (Å²) in [6.45, 7) is 5.85. The molecule has 0 saturated heterocycles. The van der Waals surface area contributed by atoms with E-state index in [9.17, 15) is 9.90 Å². The Balaban J connectivity index is 2.71. The number of aliphatic hydroxyl groups is 1. The molecule has 88 valence electrons. The van der Waals surface area contributed by atoms with E-state index in [2.05, 4.69) is 10.3 Å². The molecule has 0 radical (unpaired) electrons. The number of carbonyl (C=O) groups excluding carboxylic acids is 1. The van der Waals surface area contributed by atoms with E-state index in [4.69, 9.17) is 0 Å². The quantitative estimate of drug-likeness (QED) is 0.808. The lowest BCUT2D eigenvalue weighted by atomic mass is 9.87. The molecular weight excluding hydrogens is 204 g/mol. The van der Waals surface area contributed by atoms with Gasteiger partial charge in [0.25, 0.3) is 5.91 Å². The molecule has 16 heavy (non-hydrogen) atoms. The molecule has 1 rings (SSSR count). The molecule has 0 bridgehead atoms. The summed E-state index contributed by atoms with van der Waals surface area (Å²) in [6.07, 6.45) is 3.14. The first-order chi connectivity index (χ1) is 7.45. The molecule has 0 aliphatic carbocycles. The lowest BCUT2D eigenvalue weighted by Crippen LogP contribution is -2.46. The fourth-order valence-electron chi connectivity index (χ4n) is 1.28. The molecular formula is C12H18N2O2. The van der Waals surface area contributed by atoms with Crippen LogP contribution in [0, 0.1) is 5.41 Å². The predicted octanol–water partition coefficient (Wildman–Crippen LogP) is 1.22. The number of hydrogen-bond donors (Lipinski definition) is 2. The van der Waals surface area contributed by atoms with Gasteiger partial charge in [-0.2, -0.15) is 0 Å². The van der Waals surface area contributed by atoms with Crippen molar-refractivity contribution in [3.63, 3.8) is 0 Å². The second kappa shape index (κ2) is 5.07. The van der Waals surface area contributed by atoms with Crippen LogP contribution in [-0.2, 0) is 0 Å². The van der Waals surface area contributed by atoms with E-state index >= 15 is 0 Å². The lowest BCUT2D eigenvalue weighted by molar-refractivity contribution is 0.0848. The highest BCUT2D eigenvalue weighted by Crippen LogP contribution is 2.19. The van der Waals surface area contributed by atoms with Crippen LogP contribution in [0.25, 0.3) is 0 Å². The number of pyridine rings is 1. The molecule has 0 aromatic carbocycles. The first kappa shape index (κ1) is 12.6. The minimum Gasteiger partial charge on any atom is -0.394 e. The molecule has 0 aliphatic heterocycles. The summed E-state index contributed by atoms with van der Waals surface area (Å²) in [7, 11) is 0. The van der Waals surface area contributed by atoms with Gasteiger partial charge in [-0.25, -0.2) is 0 Å². The Kier molecular flexibility index (Phi) is 4.01. The largest absolute Gasteiger partial charge is 0.394 e. The highest BCUT2D eigenvalue weighted by Gasteiger charge is 2.25. The first-order valence-corrected chi connectivity index (χ1v) is 5.27. The Bertz CT molecular complexity index is 344. The van der Waals surface area contributed by atoms with Gasteiger partial charge in [0.15, 0.2) is 0 Å². The van der Waals surface area contributed by atoms with Gasteiger partial charge in [-0.1, -0.05) is 20.8 Å². The van der Waals surface area contributed by atoms with Crippen LogP contribution < -0.4 is 5.32 Å². The van der Waals surface area contributed by atoms with Crippen LogP contribution in [0.3, 0.4) is 0 Å². The van der Waals surface area contributed by atoms with Gasteiger partial charge in [0.05, 0.1) is 12.6 Å². The van der Waals surface area contributed by atoms with Crippen molar-refractivity contribution < 1.29 is 9.90 Å². The predicted molar refractivity (Wildman–Crippen MR) is 62.0 cm³/mol. The third kappa shape index (κ3) is 3.31. The molecule has 1 atom stereocenters. The second-order valence-electron chi connectivity index (χ2n) is 4.81. The average Bonchev–Trinajstić information content (AvgIpc) is 2.25. The molecule has 4 nitrogen and oxygen atoms in total. The summed E-state index contributed by atoms with van der Waals surface area (Å²) in [5.74, 6) is -0.184. The normalized spacial score (nSPS) is 13.2. The van der Waals surface area contributed by atoms with Crippen LogP contribution >= 0.6 is 0 Å². The highest BCUT2D eigenvalue weighted by molar-refractivity contribution is 5.94. The zero-order chi connectivity index (χ0) is 12.2. The molecule has 1 aromatic rings. The van der Waals surface area contributed by atoms with E-state index < -0.39 is 0 Å². The number of amides is 1. The maximum atomic E-state index is 11.8. The van der Waals surface area contributed by atoms with E-state index in [0.717, 1.165) is 0 Å². The summed E-state index contributed by atoms with van der Waals surface area (Å²) in [5.41, 5.74) is 0.384. The topological polar surface area (TPSA) is 62.2 Å². The van der Waals surface area contributed by atoms with E-state index in [1.165, 1.54) is 0 Å². The van der Waals surface area contributed by atoms with E-state index in [0.29, 0.717) is 5.56 Å². The Hall–Kier alpha value is -1.42. The van der Waals surface area contributed by atoms with Gasteiger partial charge in [0.1, 0.15) is 0 Å². The fraction of sp³-hybridized carbons (Fsp3) is 0.500. The Morgan fingerprint density at radius 3 is 2.44 bits per heavy atom. The molecule has 0 aliphatic rings. The minimum absolute atomic E-state index is 0.0691.